The van der Waals surface area contributed by atoms with Gasteiger partial charge in [0.25, 0.3) is 5.91 Å². The van der Waals surface area contributed by atoms with E-state index in [0.717, 1.165) is 16.3 Å². The van der Waals surface area contributed by atoms with Crippen LogP contribution in [0, 0.1) is 0 Å². The maximum atomic E-state index is 12.2. The van der Waals surface area contributed by atoms with Crippen molar-refractivity contribution in [3.05, 3.63) is 60.4 Å². The summed E-state index contributed by atoms with van der Waals surface area (Å²) in [5, 5.41) is 2.19. The van der Waals surface area contributed by atoms with Crippen LogP contribution in [0.4, 0.5) is 0 Å². The maximum Gasteiger partial charge on any atom is 0.289 e. The molecule has 2 aromatic heterocycles. The molecule has 3 aromatic rings. The highest BCUT2D eigenvalue weighted by Gasteiger charge is 2.14. The van der Waals surface area contributed by atoms with E-state index in [9.17, 15) is 4.79 Å². The smallest absolute Gasteiger partial charge is 0.289 e. The lowest BCUT2D eigenvalue weighted by atomic mass is 10.1. The van der Waals surface area contributed by atoms with E-state index >= 15 is 0 Å². The van der Waals surface area contributed by atoms with E-state index in [0.29, 0.717) is 12.4 Å². The van der Waals surface area contributed by atoms with Crippen LogP contribution in [0.1, 0.15) is 16.2 Å². The highest BCUT2D eigenvalue weighted by atomic mass is 16.2. The monoisotopic (exact) mass is 266 g/mol. The summed E-state index contributed by atoms with van der Waals surface area (Å²) in [4.78, 5) is 24.7. The molecular weight excluding hydrogens is 252 g/mol. The van der Waals surface area contributed by atoms with Gasteiger partial charge in [-0.2, -0.15) is 0 Å². The lowest BCUT2D eigenvalue weighted by Gasteiger charge is -2.17. The summed E-state index contributed by atoms with van der Waals surface area (Å²) in [7, 11) is 1.77. The zero-order valence-electron chi connectivity index (χ0n) is 11.1. The van der Waals surface area contributed by atoms with Gasteiger partial charge in [-0.25, -0.2) is 4.98 Å². The Morgan fingerprint density at radius 3 is 3.00 bits per heavy atom. The van der Waals surface area contributed by atoms with Crippen LogP contribution in [0.5, 0.6) is 0 Å². The van der Waals surface area contributed by atoms with Crippen LogP contribution < -0.4 is 0 Å². The largest absolute Gasteiger partial charge is 0.341 e. The number of hydrogen-bond donors (Lipinski definition) is 1. The van der Waals surface area contributed by atoms with Gasteiger partial charge in [-0.3, -0.25) is 9.78 Å². The van der Waals surface area contributed by atoms with Crippen LogP contribution >= 0.6 is 0 Å². The number of carbonyl (C=O) groups excluding carboxylic acids is 1. The van der Waals surface area contributed by atoms with Crippen molar-refractivity contribution >= 4 is 16.7 Å². The number of fused-ring (bicyclic) bond motifs is 1. The number of aromatic amines is 1. The number of carbonyl (C=O) groups is 1. The van der Waals surface area contributed by atoms with Crippen LogP contribution in [0.15, 0.2) is 49.1 Å². The van der Waals surface area contributed by atoms with Crippen LogP contribution in [0.3, 0.4) is 0 Å². The molecule has 5 heteroatoms. The number of hydrogen-bond acceptors (Lipinski definition) is 3. The summed E-state index contributed by atoms with van der Waals surface area (Å²) in [6, 6.07) is 7.98. The van der Waals surface area contributed by atoms with Crippen LogP contribution in [0.25, 0.3) is 10.8 Å². The second kappa shape index (κ2) is 5.13. The third kappa shape index (κ3) is 2.25. The van der Waals surface area contributed by atoms with Gasteiger partial charge in [0.2, 0.25) is 0 Å². The molecule has 1 amide bonds. The number of benzene rings is 1. The van der Waals surface area contributed by atoms with Gasteiger partial charge >= 0.3 is 0 Å². The molecule has 100 valence electrons. The molecule has 0 spiro atoms. The summed E-state index contributed by atoms with van der Waals surface area (Å²) in [5.74, 6) is 0.232. The number of nitrogens with zero attached hydrogens (tertiary/aromatic N) is 3. The fraction of sp³-hybridized carbons (Fsp3) is 0.133. The number of aromatic nitrogens is 3. The van der Waals surface area contributed by atoms with E-state index in [1.807, 2.05) is 30.5 Å². The molecule has 5 nitrogen and oxygen atoms in total. The highest BCUT2D eigenvalue weighted by molar-refractivity contribution is 5.91. The van der Waals surface area contributed by atoms with Gasteiger partial charge in [-0.05, 0) is 17.0 Å². The Morgan fingerprint density at radius 2 is 2.20 bits per heavy atom. The normalized spacial score (nSPS) is 10.7. The van der Waals surface area contributed by atoms with Crippen molar-refractivity contribution in [3.8, 4) is 0 Å². The van der Waals surface area contributed by atoms with Crippen LogP contribution in [0.2, 0.25) is 0 Å². The molecule has 0 saturated carbocycles. The minimum absolute atomic E-state index is 0.124. The Hall–Kier alpha value is -2.69. The molecule has 0 aliphatic rings. The fourth-order valence-electron chi connectivity index (χ4n) is 2.22. The molecular formula is C15H14N4O. The molecule has 0 fully saturated rings. The Kier molecular flexibility index (Phi) is 3.16. The first-order chi connectivity index (χ1) is 9.75. The van der Waals surface area contributed by atoms with E-state index in [1.165, 1.54) is 0 Å². The number of imidazole rings is 1. The van der Waals surface area contributed by atoms with Crippen molar-refractivity contribution in [1.29, 1.82) is 0 Å². The number of rotatable bonds is 3. The Morgan fingerprint density at radius 1 is 1.30 bits per heavy atom. The number of nitrogens with one attached hydrogen (secondary N) is 1. The summed E-state index contributed by atoms with van der Waals surface area (Å²) >= 11 is 0. The summed E-state index contributed by atoms with van der Waals surface area (Å²) in [6.07, 6.45) is 6.81. The first kappa shape index (κ1) is 12.3. The van der Waals surface area contributed by atoms with Gasteiger partial charge in [-0.15, -0.1) is 0 Å². The predicted molar refractivity (Wildman–Crippen MR) is 76.1 cm³/mol. The Bertz CT molecular complexity index is 731. The first-order valence-corrected chi connectivity index (χ1v) is 6.32. The zero-order valence-corrected chi connectivity index (χ0v) is 11.1. The van der Waals surface area contributed by atoms with Crippen molar-refractivity contribution in [2.75, 3.05) is 7.05 Å². The molecule has 0 unspecified atom stereocenters. The molecule has 0 aliphatic carbocycles. The molecule has 0 saturated heterocycles. The standard InChI is InChI=1S/C15H14N4O/c1-19(15(20)14-17-7-8-18-14)10-12-4-2-3-11-9-16-6-5-13(11)12/h2-9H,10H2,1H3,(H,17,18). The minimum Gasteiger partial charge on any atom is -0.341 e. The van der Waals surface area contributed by atoms with Gasteiger partial charge in [0.1, 0.15) is 0 Å². The number of pyridine rings is 1. The van der Waals surface area contributed by atoms with E-state index in [4.69, 9.17) is 0 Å². The van der Waals surface area contributed by atoms with Gasteiger partial charge in [0.15, 0.2) is 5.82 Å². The van der Waals surface area contributed by atoms with Crippen molar-refractivity contribution < 1.29 is 4.79 Å². The molecule has 0 radical (unpaired) electrons. The van der Waals surface area contributed by atoms with E-state index in [-0.39, 0.29) is 5.91 Å². The Balaban J connectivity index is 1.88. The summed E-state index contributed by atoms with van der Waals surface area (Å²) < 4.78 is 0. The summed E-state index contributed by atoms with van der Waals surface area (Å²) in [5.41, 5.74) is 1.09. The second-order valence-corrected chi connectivity index (χ2v) is 4.61. The second-order valence-electron chi connectivity index (χ2n) is 4.61. The third-order valence-corrected chi connectivity index (χ3v) is 3.23. The molecule has 0 bridgehead atoms. The number of H-pyrrole nitrogens is 1. The quantitative estimate of drug-likeness (QED) is 0.790. The number of amides is 1. The lowest BCUT2D eigenvalue weighted by Crippen LogP contribution is -2.27. The van der Waals surface area contributed by atoms with Gasteiger partial charge in [-0.1, -0.05) is 18.2 Å². The molecule has 3 rings (SSSR count). The van der Waals surface area contributed by atoms with E-state index < -0.39 is 0 Å². The van der Waals surface area contributed by atoms with Crippen LogP contribution in [-0.4, -0.2) is 32.8 Å². The molecule has 1 aromatic carbocycles. The maximum absolute atomic E-state index is 12.2. The topological polar surface area (TPSA) is 61.9 Å². The zero-order chi connectivity index (χ0) is 13.9. The first-order valence-electron chi connectivity index (χ1n) is 6.32. The average molecular weight is 266 g/mol. The van der Waals surface area contributed by atoms with Crippen molar-refractivity contribution in [2.45, 2.75) is 6.54 Å². The predicted octanol–water partition coefficient (Wildman–Crippen LogP) is 2.23. The van der Waals surface area contributed by atoms with Crippen LogP contribution in [-0.2, 0) is 6.54 Å². The van der Waals surface area contributed by atoms with E-state index in [2.05, 4.69) is 15.0 Å². The Labute approximate surface area is 116 Å². The lowest BCUT2D eigenvalue weighted by molar-refractivity contribution is 0.0774. The molecule has 20 heavy (non-hydrogen) atoms. The molecule has 1 N–H and O–H groups in total. The third-order valence-electron chi connectivity index (χ3n) is 3.23. The van der Waals surface area contributed by atoms with Gasteiger partial charge < -0.3 is 9.88 Å². The SMILES string of the molecule is CN(Cc1cccc2cnccc12)C(=O)c1ncc[nH]1. The minimum atomic E-state index is -0.124. The van der Waals surface area contributed by atoms with E-state index in [1.54, 1.807) is 30.5 Å². The van der Waals surface area contributed by atoms with Crippen molar-refractivity contribution in [2.24, 2.45) is 0 Å². The van der Waals surface area contributed by atoms with Gasteiger partial charge in [0.05, 0.1) is 0 Å². The summed E-state index contributed by atoms with van der Waals surface area (Å²) in [6.45, 7) is 0.529. The van der Waals surface area contributed by atoms with Crippen molar-refractivity contribution in [1.82, 2.24) is 19.9 Å². The average Bonchev–Trinajstić information content (AvgIpc) is 3.01. The molecule has 0 aliphatic heterocycles. The fourth-order valence-corrected chi connectivity index (χ4v) is 2.22. The molecule has 0 atom stereocenters. The van der Waals surface area contributed by atoms with Gasteiger partial charge in [0, 0.05) is 43.8 Å². The molecule has 2 heterocycles. The highest BCUT2D eigenvalue weighted by Crippen LogP contribution is 2.19. The van der Waals surface area contributed by atoms with Crippen molar-refractivity contribution in [3.63, 3.8) is 0 Å².